The van der Waals surface area contributed by atoms with E-state index in [4.69, 9.17) is 0 Å². The highest BCUT2D eigenvalue weighted by atomic mass is 79.9. The minimum atomic E-state index is -0.578. The number of hydrogen-bond donors (Lipinski definition) is 1. The predicted molar refractivity (Wildman–Crippen MR) is 146 cm³/mol. The standard InChI is InChI=1S/C29H31BrN2O2S/c30-24-17-15-23(16-18-24)20-32(28(33)21-35-26-13-5-2-6-14-26)27(19-22-9-3-1-4-10-22)29(34)31-25-11-7-8-12-25/h1-6,9-10,13-18,25,27H,7-8,11-12,19-21H2,(H,31,34)/t27-/m0/s1. The number of nitrogens with one attached hydrogen (secondary N) is 1. The maximum Gasteiger partial charge on any atom is 0.243 e. The molecule has 3 aromatic carbocycles. The molecule has 1 atom stereocenters. The first-order chi connectivity index (χ1) is 17.1. The molecule has 1 aliphatic carbocycles. The minimum Gasteiger partial charge on any atom is -0.352 e. The lowest BCUT2D eigenvalue weighted by Crippen LogP contribution is -2.52. The van der Waals surface area contributed by atoms with Gasteiger partial charge in [0, 0.05) is 28.4 Å². The van der Waals surface area contributed by atoms with Crippen LogP contribution in [0.4, 0.5) is 0 Å². The summed E-state index contributed by atoms with van der Waals surface area (Å²) in [5, 5.41) is 3.26. The van der Waals surface area contributed by atoms with Crippen molar-refractivity contribution in [1.29, 1.82) is 0 Å². The summed E-state index contributed by atoms with van der Waals surface area (Å²) >= 11 is 5.00. The Labute approximate surface area is 220 Å². The first-order valence-electron chi connectivity index (χ1n) is 12.1. The van der Waals surface area contributed by atoms with Crippen LogP contribution in [0.15, 0.2) is 94.3 Å². The van der Waals surface area contributed by atoms with Gasteiger partial charge in [-0.15, -0.1) is 11.8 Å². The number of halogens is 1. The van der Waals surface area contributed by atoms with Crippen LogP contribution in [0.3, 0.4) is 0 Å². The van der Waals surface area contributed by atoms with Crippen molar-refractivity contribution in [2.45, 2.75) is 55.6 Å². The SMILES string of the molecule is O=C(NC1CCCC1)[C@H](Cc1ccccc1)N(Cc1ccc(Br)cc1)C(=O)CSc1ccccc1. The predicted octanol–water partition coefficient (Wildman–Crippen LogP) is 6.24. The van der Waals surface area contributed by atoms with Crippen LogP contribution in [0.1, 0.15) is 36.8 Å². The monoisotopic (exact) mass is 550 g/mol. The molecule has 1 N–H and O–H groups in total. The lowest BCUT2D eigenvalue weighted by molar-refractivity contribution is -0.139. The summed E-state index contributed by atoms with van der Waals surface area (Å²) in [5.74, 6) is 0.183. The number of carbonyl (C=O) groups is 2. The van der Waals surface area contributed by atoms with Crippen molar-refractivity contribution in [2.24, 2.45) is 0 Å². The van der Waals surface area contributed by atoms with Gasteiger partial charge < -0.3 is 10.2 Å². The van der Waals surface area contributed by atoms with Gasteiger partial charge in [0.15, 0.2) is 0 Å². The Morgan fingerprint density at radius 1 is 0.886 bits per heavy atom. The Morgan fingerprint density at radius 2 is 1.51 bits per heavy atom. The zero-order valence-electron chi connectivity index (χ0n) is 19.7. The van der Waals surface area contributed by atoms with Crippen molar-refractivity contribution >= 4 is 39.5 Å². The van der Waals surface area contributed by atoms with Crippen molar-refractivity contribution in [2.75, 3.05) is 5.75 Å². The third-order valence-electron chi connectivity index (χ3n) is 6.34. The van der Waals surface area contributed by atoms with Gasteiger partial charge in [0.2, 0.25) is 11.8 Å². The highest BCUT2D eigenvalue weighted by molar-refractivity contribution is 9.10. The molecular weight excluding hydrogens is 520 g/mol. The van der Waals surface area contributed by atoms with Gasteiger partial charge in [-0.1, -0.05) is 89.4 Å². The summed E-state index contributed by atoms with van der Waals surface area (Å²) in [6, 6.07) is 27.5. The van der Waals surface area contributed by atoms with E-state index in [0.717, 1.165) is 46.2 Å². The van der Waals surface area contributed by atoms with Crippen LogP contribution in [-0.2, 0) is 22.6 Å². The number of nitrogens with zero attached hydrogens (tertiary/aromatic N) is 1. The third-order valence-corrected chi connectivity index (χ3v) is 7.87. The summed E-state index contributed by atoms with van der Waals surface area (Å²) in [4.78, 5) is 30.1. The number of rotatable bonds is 10. The molecule has 0 spiro atoms. The van der Waals surface area contributed by atoms with Gasteiger partial charge in [0.1, 0.15) is 6.04 Å². The van der Waals surface area contributed by atoms with Crippen LogP contribution >= 0.6 is 27.7 Å². The molecule has 35 heavy (non-hydrogen) atoms. The normalized spacial score (nSPS) is 14.4. The molecule has 182 valence electrons. The summed E-state index contributed by atoms with van der Waals surface area (Å²) < 4.78 is 0.985. The second-order valence-corrected chi connectivity index (χ2v) is 10.9. The minimum absolute atomic E-state index is 0.0377. The van der Waals surface area contributed by atoms with Gasteiger partial charge in [-0.3, -0.25) is 9.59 Å². The molecule has 0 bridgehead atoms. The molecule has 3 aromatic rings. The fourth-order valence-corrected chi connectivity index (χ4v) is 5.52. The Bertz CT molecular complexity index is 1090. The van der Waals surface area contributed by atoms with Gasteiger partial charge in [-0.05, 0) is 48.2 Å². The van der Waals surface area contributed by atoms with E-state index in [1.807, 2.05) is 84.9 Å². The average molecular weight is 552 g/mol. The first kappa shape index (κ1) is 25.5. The van der Waals surface area contributed by atoms with E-state index in [1.54, 1.807) is 4.90 Å². The summed E-state index contributed by atoms with van der Waals surface area (Å²) in [6.45, 7) is 0.386. The van der Waals surface area contributed by atoms with Crippen molar-refractivity contribution < 1.29 is 9.59 Å². The number of hydrogen-bond acceptors (Lipinski definition) is 3. The number of benzene rings is 3. The molecule has 0 heterocycles. The van der Waals surface area contributed by atoms with Crippen molar-refractivity contribution in [3.63, 3.8) is 0 Å². The fraction of sp³-hybridized carbons (Fsp3) is 0.310. The molecule has 0 aliphatic heterocycles. The van der Waals surface area contributed by atoms with Crippen LogP contribution in [0.5, 0.6) is 0 Å². The quantitative estimate of drug-likeness (QED) is 0.304. The molecule has 6 heteroatoms. The van der Waals surface area contributed by atoms with E-state index in [-0.39, 0.29) is 23.6 Å². The molecule has 1 fully saturated rings. The Hall–Kier alpha value is -2.57. The number of carbonyl (C=O) groups excluding carboxylic acids is 2. The van der Waals surface area contributed by atoms with Crippen molar-refractivity contribution in [1.82, 2.24) is 10.2 Å². The van der Waals surface area contributed by atoms with Crippen molar-refractivity contribution in [3.8, 4) is 0 Å². The van der Waals surface area contributed by atoms with E-state index >= 15 is 0 Å². The third kappa shape index (κ3) is 7.71. The zero-order chi connectivity index (χ0) is 24.5. The topological polar surface area (TPSA) is 49.4 Å². The zero-order valence-corrected chi connectivity index (χ0v) is 22.1. The highest BCUT2D eigenvalue weighted by Crippen LogP contribution is 2.23. The van der Waals surface area contributed by atoms with E-state index in [2.05, 4.69) is 21.2 Å². The number of amides is 2. The van der Waals surface area contributed by atoms with Gasteiger partial charge >= 0.3 is 0 Å². The Balaban J connectivity index is 1.60. The fourth-order valence-electron chi connectivity index (χ4n) is 4.45. The average Bonchev–Trinajstić information content (AvgIpc) is 3.40. The number of thioether (sulfide) groups is 1. The van der Waals surface area contributed by atoms with Crippen LogP contribution in [0.2, 0.25) is 0 Å². The molecule has 0 aromatic heterocycles. The van der Waals surface area contributed by atoms with Gasteiger partial charge in [-0.25, -0.2) is 0 Å². The van der Waals surface area contributed by atoms with Gasteiger partial charge in [0.25, 0.3) is 0 Å². The first-order valence-corrected chi connectivity index (χ1v) is 13.9. The molecule has 1 aliphatic rings. The van der Waals surface area contributed by atoms with E-state index < -0.39 is 6.04 Å². The van der Waals surface area contributed by atoms with Gasteiger partial charge in [0.05, 0.1) is 5.75 Å². The smallest absolute Gasteiger partial charge is 0.243 e. The molecule has 0 unspecified atom stereocenters. The molecule has 2 amide bonds. The summed E-state index contributed by atoms with van der Waals surface area (Å²) in [5.41, 5.74) is 2.04. The maximum absolute atomic E-state index is 13.7. The lowest BCUT2D eigenvalue weighted by atomic mass is 10.0. The molecule has 0 radical (unpaired) electrons. The van der Waals surface area contributed by atoms with Gasteiger partial charge in [-0.2, -0.15) is 0 Å². The molecule has 4 nitrogen and oxygen atoms in total. The van der Waals surface area contributed by atoms with E-state index in [0.29, 0.717) is 13.0 Å². The molecule has 1 saturated carbocycles. The highest BCUT2D eigenvalue weighted by Gasteiger charge is 2.32. The molecule has 0 saturated heterocycles. The van der Waals surface area contributed by atoms with Crippen LogP contribution < -0.4 is 5.32 Å². The van der Waals surface area contributed by atoms with Crippen LogP contribution in [0.25, 0.3) is 0 Å². The molecular formula is C29H31BrN2O2S. The lowest BCUT2D eigenvalue weighted by Gasteiger charge is -2.32. The Morgan fingerprint density at radius 3 is 2.17 bits per heavy atom. The summed E-state index contributed by atoms with van der Waals surface area (Å²) in [7, 11) is 0. The molecule has 4 rings (SSSR count). The Kier molecular flexibility index (Phi) is 9.43. The van der Waals surface area contributed by atoms with Crippen LogP contribution in [-0.4, -0.2) is 34.6 Å². The van der Waals surface area contributed by atoms with Crippen molar-refractivity contribution in [3.05, 3.63) is 101 Å². The largest absolute Gasteiger partial charge is 0.352 e. The van der Waals surface area contributed by atoms with E-state index in [9.17, 15) is 9.59 Å². The second kappa shape index (κ2) is 12.9. The van der Waals surface area contributed by atoms with Crippen LogP contribution in [0, 0.1) is 0 Å². The van der Waals surface area contributed by atoms with E-state index in [1.165, 1.54) is 11.8 Å². The second-order valence-electron chi connectivity index (χ2n) is 8.95. The maximum atomic E-state index is 13.7. The summed E-state index contributed by atoms with van der Waals surface area (Å²) in [6.07, 6.45) is 4.79.